The maximum absolute atomic E-state index is 11.3. The van der Waals surface area contributed by atoms with Crippen LogP contribution in [-0.4, -0.2) is 27.3 Å². The Balaban J connectivity index is 2.01. The van der Waals surface area contributed by atoms with Crippen molar-refractivity contribution in [3.05, 3.63) is 22.8 Å². The topological polar surface area (TPSA) is 69.0 Å². The van der Waals surface area contributed by atoms with E-state index in [1.54, 1.807) is 11.6 Å². The van der Waals surface area contributed by atoms with Crippen molar-refractivity contribution in [2.24, 2.45) is 7.05 Å². The van der Waals surface area contributed by atoms with Gasteiger partial charge in [0.25, 0.3) is 0 Å². The average Bonchev–Trinajstić information content (AvgIpc) is 2.87. The van der Waals surface area contributed by atoms with Crippen LogP contribution in [0.25, 0.3) is 0 Å². The molecule has 0 radical (unpaired) electrons. The first-order valence-corrected chi connectivity index (χ1v) is 6.84. The van der Waals surface area contributed by atoms with Crippen LogP contribution >= 0.6 is 11.3 Å². The van der Waals surface area contributed by atoms with Crippen molar-refractivity contribution in [3.8, 4) is 0 Å². The highest BCUT2D eigenvalue weighted by Crippen LogP contribution is 2.21. The first-order valence-electron chi connectivity index (χ1n) is 5.96. The normalized spacial score (nSPS) is 10.5. The summed E-state index contributed by atoms with van der Waals surface area (Å²) in [6.07, 6.45) is 0.205. The lowest BCUT2D eigenvalue weighted by atomic mass is 10.3. The number of aromatic nitrogens is 3. The molecule has 2 aromatic rings. The van der Waals surface area contributed by atoms with E-state index in [-0.39, 0.29) is 12.4 Å². The first kappa shape index (κ1) is 13.5. The second kappa shape index (κ2) is 5.83. The Labute approximate surface area is 115 Å². The van der Waals surface area contributed by atoms with Crippen LogP contribution in [0.2, 0.25) is 0 Å². The Hall–Kier alpha value is -1.89. The summed E-state index contributed by atoms with van der Waals surface area (Å²) >= 11 is 1.45. The molecule has 7 heteroatoms. The van der Waals surface area contributed by atoms with Crippen molar-refractivity contribution in [1.82, 2.24) is 14.8 Å². The van der Waals surface area contributed by atoms with Gasteiger partial charge in [-0.2, -0.15) is 5.10 Å². The van der Waals surface area contributed by atoms with Crippen molar-refractivity contribution >= 4 is 28.3 Å². The van der Waals surface area contributed by atoms with E-state index in [0.29, 0.717) is 12.3 Å². The molecule has 1 N–H and O–H groups in total. The highest BCUT2D eigenvalue weighted by atomic mass is 32.1. The van der Waals surface area contributed by atoms with Crippen molar-refractivity contribution in [2.75, 3.05) is 11.9 Å². The number of ether oxygens (including phenoxy) is 1. The molecular weight excluding hydrogens is 264 g/mol. The lowest BCUT2D eigenvalue weighted by Gasteiger charge is -2.01. The Morgan fingerprint density at radius 3 is 3.00 bits per heavy atom. The Morgan fingerprint density at radius 2 is 2.37 bits per heavy atom. The third-order valence-electron chi connectivity index (χ3n) is 2.42. The van der Waals surface area contributed by atoms with Crippen molar-refractivity contribution in [2.45, 2.75) is 20.3 Å². The van der Waals surface area contributed by atoms with Gasteiger partial charge >= 0.3 is 5.97 Å². The number of rotatable bonds is 5. The van der Waals surface area contributed by atoms with Gasteiger partial charge in [-0.25, -0.2) is 4.98 Å². The molecule has 2 heterocycles. The average molecular weight is 280 g/mol. The number of thiazole rings is 1. The number of aryl methyl sites for hydroxylation is 2. The van der Waals surface area contributed by atoms with Gasteiger partial charge in [-0.1, -0.05) is 0 Å². The van der Waals surface area contributed by atoms with Crippen molar-refractivity contribution in [1.29, 1.82) is 0 Å². The monoisotopic (exact) mass is 280 g/mol. The minimum atomic E-state index is -0.254. The Bertz CT molecular complexity index is 576. The fourth-order valence-electron chi connectivity index (χ4n) is 1.64. The maximum Gasteiger partial charge on any atom is 0.311 e. The quantitative estimate of drug-likeness (QED) is 0.849. The molecule has 102 valence electrons. The van der Waals surface area contributed by atoms with Crippen LogP contribution in [-0.2, 0) is 23.0 Å². The second-order valence-electron chi connectivity index (χ2n) is 4.05. The molecule has 0 aromatic carbocycles. The van der Waals surface area contributed by atoms with E-state index in [2.05, 4.69) is 15.4 Å². The van der Waals surface area contributed by atoms with Gasteiger partial charge in [-0.3, -0.25) is 9.48 Å². The van der Waals surface area contributed by atoms with E-state index in [9.17, 15) is 4.79 Å². The van der Waals surface area contributed by atoms with E-state index >= 15 is 0 Å². The van der Waals surface area contributed by atoms with Gasteiger partial charge in [0.1, 0.15) is 5.82 Å². The number of anilines is 2. The second-order valence-corrected chi connectivity index (χ2v) is 4.90. The standard InChI is InChI=1S/C12H16N4O2S/c1-4-18-11(17)6-9-7-19-12(13-9)14-10-5-8(2)15-16(10)3/h5,7H,4,6H2,1-3H3,(H,13,14). The van der Waals surface area contributed by atoms with Crippen LogP contribution in [0, 0.1) is 6.92 Å². The van der Waals surface area contributed by atoms with E-state index in [4.69, 9.17) is 4.74 Å². The van der Waals surface area contributed by atoms with Crippen LogP contribution in [0.1, 0.15) is 18.3 Å². The molecule has 19 heavy (non-hydrogen) atoms. The Kier molecular flexibility index (Phi) is 4.16. The zero-order valence-electron chi connectivity index (χ0n) is 11.1. The summed E-state index contributed by atoms with van der Waals surface area (Å²) in [6.45, 7) is 4.11. The number of esters is 1. The molecule has 0 unspecified atom stereocenters. The first-order chi connectivity index (χ1) is 9.08. The van der Waals surface area contributed by atoms with Gasteiger partial charge in [0.15, 0.2) is 5.13 Å². The van der Waals surface area contributed by atoms with Gasteiger partial charge in [0.05, 0.1) is 24.4 Å². The van der Waals surface area contributed by atoms with Gasteiger partial charge in [0.2, 0.25) is 0 Å². The van der Waals surface area contributed by atoms with Crippen molar-refractivity contribution in [3.63, 3.8) is 0 Å². The minimum absolute atomic E-state index is 0.205. The summed E-state index contributed by atoms with van der Waals surface area (Å²) in [5.74, 6) is 0.616. The highest BCUT2D eigenvalue weighted by molar-refractivity contribution is 7.13. The van der Waals surface area contributed by atoms with Crippen LogP contribution in [0.3, 0.4) is 0 Å². The Morgan fingerprint density at radius 1 is 1.58 bits per heavy atom. The molecule has 0 atom stereocenters. The molecule has 2 rings (SSSR count). The largest absolute Gasteiger partial charge is 0.466 e. The zero-order chi connectivity index (χ0) is 13.8. The number of hydrogen-bond donors (Lipinski definition) is 1. The summed E-state index contributed by atoms with van der Waals surface area (Å²) in [4.78, 5) is 15.7. The molecule has 2 aromatic heterocycles. The fourth-order valence-corrected chi connectivity index (χ4v) is 2.36. The smallest absolute Gasteiger partial charge is 0.311 e. The molecule has 0 aliphatic rings. The number of nitrogens with one attached hydrogen (secondary N) is 1. The SMILES string of the molecule is CCOC(=O)Cc1csc(Nc2cc(C)nn2C)n1. The predicted molar refractivity (Wildman–Crippen MR) is 73.7 cm³/mol. The van der Waals surface area contributed by atoms with Crippen LogP contribution < -0.4 is 5.32 Å². The van der Waals surface area contributed by atoms with E-state index in [1.807, 2.05) is 25.4 Å². The number of carbonyl (C=O) groups excluding carboxylic acids is 1. The summed E-state index contributed by atoms with van der Waals surface area (Å²) in [6, 6.07) is 1.94. The molecule has 0 aliphatic carbocycles. The molecule has 0 spiro atoms. The lowest BCUT2D eigenvalue weighted by Crippen LogP contribution is -2.07. The van der Waals surface area contributed by atoms with Gasteiger partial charge < -0.3 is 10.1 Å². The van der Waals surface area contributed by atoms with Crippen LogP contribution in [0.4, 0.5) is 10.9 Å². The predicted octanol–water partition coefficient (Wildman–Crippen LogP) is 2.03. The van der Waals surface area contributed by atoms with Gasteiger partial charge in [0, 0.05) is 18.5 Å². The summed E-state index contributed by atoms with van der Waals surface area (Å²) in [7, 11) is 1.86. The number of nitrogens with zero attached hydrogens (tertiary/aromatic N) is 3. The molecule has 0 saturated heterocycles. The minimum Gasteiger partial charge on any atom is -0.466 e. The summed E-state index contributed by atoms with van der Waals surface area (Å²) in [5.41, 5.74) is 1.65. The zero-order valence-corrected chi connectivity index (χ0v) is 12.0. The van der Waals surface area contributed by atoms with Gasteiger partial charge in [-0.15, -0.1) is 11.3 Å². The molecule has 0 aliphatic heterocycles. The highest BCUT2D eigenvalue weighted by Gasteiger charge is 2.09. The number of hydrogen-bond acceptors (Lipinski definition) is 6. The molecule has 6 nitrogen and oxygen atoms in total. The van der Waals surface area contributed by atoms with Crippen LogP contribution in [0.5, 0.6) is 0 Å². The summed E-state index contributed by atoms with van der Waals surface area (Å²) in [5, 5.41) is 10.0. The molecule has 0 bridgehead atoms. The van der Waals surface area contributed by atoms with E-state index < -0.39 is 0 Å². The molecule has 0 fully saturated rings. The third-order valence-corrected chi connectivity index (χ3v) is 3.23. The van der Waals surface area contributed by atoms with E-state index in [0.717, 1.165) is 16.6 Å². The lowest BCUT2D eigenvalue weighted by molar-refractivity contribution is -0.142. The fraction of sp³-hybridized carbons (Fsp3) is 0.417. The van der Waals surface area contributed by atoms with Gasteiger partial charge in [-0.05, 0) is 13.8 Å². The third kappa shape index (κ3) is 3.54. The number of carbonyl (C=O) groups is 1. The van der Waals surface area contributed by atoms with E-state index in [1.165, 1.54) is 11.3 Å². The van der Waals surface area contributed by atoms with Crippen molar-refractivity contribution < 1.29 is 9.53 Å². The molecule has 0 saturated carbocycles. The maximum atomic E-state index is 11.3. The van der Waals surface area contributed by atoms with Crippen LogP contribution in [0.15, 0.2) is 11.4 Å². The summed E-state index contributed by atoms with van der Waals surface area (Å²) < 4.78 is 6.64. The molecule has 0 amide bonds. The molecular formula is C12H16N4O2S.